The third-order valence-corrected chi connectivity index (χ3v) is 2.53. The summed E-state index contributed by atoms with van der Waals surface area (Å²) in [6.07, 6.45) is 0. The first-order valence-electron chi connectivity index (χ1n) is 3.55. The van der Waals surface area contributed by atoms with Gasteiger partial charge in [0.05, 0.1) is 5.69 Å². The van der Waals surface area contributed by atoms with Gasteiger partial charge in [-0.05, 0) is 18.2 Å². The number of nitrogen functional groups attached to an aromatic ring is 1. The molecule has 0 aliphatic carbocycles. The van der Waals surface area contributed by atoms with Crippen LogP contribution in [0.3, 0.4) is 0 Å². The molecule has 0 aliphatic rings. The second-order valence-electron chi connectivity index (χ2n) is 2.55. The fraction of sp³-hybridized carbons (Fsp3) is 0.143. The predicted octanol–water partition coefficient (Wildman–Crippen LogP) is -0.0421. The molecule has 0 bridgehead atoms. The van der Waals surface area contributed by atoms with Crippen LogP contribution in [-0.4, -0.2) is 15.5 Å². The van der Waals surface area contributed by atoms with E-state index in [0.717, 1.165) is 0 Å². The number of anilines is 2. The molecule has 6 heteroatoms. The molecule has 1 aromatic rings. The van der Waals surface area contributed by atoms with Crippen molar-refractivity contribution < 1.29 is 8.42 Å². The molecule has 72 valence electrons. The fourth-order valence-corrected chi connectivity index (χ4v) is 1.76. The third-order valence-electron chi connectivity index (χ3n) is 1.58. The number of sulfonamides is 1. The molecule has 13 heavy (non-hydrogen) atoms. The number of nitrogens with one attached hydrogen (secondary N) is 1. The van der Waals surface area contributed by atoms with Gasteiger partial charge in [0.15, 0.2) is 0 Å². The van der Waals surface area contributed by atoms with Crippen LogP contribution in [0.5, 0.6) is 0 Å². The quantitative estimate of drug-likeness (QED) is 0.584. The Morgan fingerprint density at radius 2 is 2.00 bits per heavy atom. The summed E-state index contributed by atoms with van der Waals surface area (Å²) in [5, 5.41) is 7.69. The van der Waals surface area contributed by atoms with Crippen LogP contribution < -0.4 is 16.2 Å². The first kappa shape index (κ1) is 9.82. The van der Waals surface area contributed by atoms with Gasteiger partial charge in [0.1, 0.15) is 4.90 Å². The van der Waals surface area contributed by atoms with Gasteiger partial charge in [-0.1, -0.05) is 0 Å². The zero-order valence-corrected chi connectivity index (χ0v) is 7.93. The van der Waals surface area contributed by atoms with Crippen molar-refractivity contribution in [3.63, 3.8) is 0 Å². The van der Waals surface area contributed by atoms with Crippen LogP contribution in [0.4, 0.5) is 11.4 Å². The normalized spacial score (nSPS) is 11.2. The first-order chi connectivity index (χ1) is 5.95. The maximum atomic E-state index is 11.0. The summed E-state index contributed by atoms with van der Waals surface area (Å²) >= 11 is 0. The van der Waals surface area contributed by atoms with Crippen molar-refractivity contribution in [2.45, 2.75) is 4.90 Å². The van der Waals surface area contributed by atoms with E-state index in [2.05, 4.69) is 5.32 Å². The minimum Gasteiger partial charge on any atom is -0.399 e. The van der Waals surface area contributed by atoms with Crippen molar-refractivity contribution in [2.75, 3.05) is 18.1 Å². The molecule has 1 rings (SSSR count). The standard InChI is InChI=1S/C7H11N3O2S/c1-10-6-3-2-5(8)4-7(6)13(9,11)12/h2-4,10H,8H2,1H3,(H2,9,11,12). The summed E-state index contributed by atoms with van der Waals surface area (Å²) in [5.74, 6) is 0. The van der Waals surface area contributed by atoms with Gasteiger partial charge in [0, 0.05) is 12.7 Å². The molecule has 0 saturated heterocycles. The van der Waals surface area contributed by atoms with E-state index in [4.69, 9.17) is 10.9 Å². The second kappa shape index (κ2) is 3.23. The van der Waals surface area contributed by atoms with Crippen LogP contribution in [0.25, 0.3) is 0 Å². The minimum atomic E-state index is -3.71. The molecule has 1 aromatic carbocycles. The van der Waals surface area contributed by atoms with Gasteiger partial charge in [-0.25, -0.2) is 13.6 Å². The summed E-state index contributed by atoms with van der Waals surface area (Å²) < 4.78 is 22.1. The van der Waals surface area contributed by atoms with E-state index in [9.17, 15) is 8.42 Å². The van der Waals surface area contributed by atoms with Crippen LogP contribution in [0, 0.1) is 0 Å². The minimum absolute atomic E-state index is 0.00926. The molecule has 0 radical (unpaired) electrons. The number of rotatable bonds is 2. The molecule has 5 N–H and O–H groups in total. The molecule has 5 nitrogen and oxygen atoms in total. The van der Waals surface area contributed by atoms with E-state index in [0.29, 0.717) is 11.4 Å². The lowest BCUT2D eigenvalue weighted by Crippen LogP contribution is -2.14. The largest absolute Gasteiger partial charge is 0.399 e. The van der Waals surface area contributed by atoms with Crippen molar-refractivity contribution >= 4 is 21.4 Å². The zero-order chi connectivity index (χ0) is 10.1. The lowest BCUT2D eigenvalue weighted by Gasteiger charge is -2.07. The SMILES string of the molecule is CNc1ccc(N)cc1S(N)(=O)=O. The molecular weight excluding hydrogens is 190 g/mol. The smallest absolute Gasteiger partial charge is 0.240 e. The monoisotopic (exact) mass is 201 g/mol. The Bertz CT molecular complexity index is 414. The van der Waals surface area contributed by atoms with Crippen LogP contribution >= 0.6 is 0 Å². The van der Waals surface area contributed by atoms with Crippen molar-refractivity contribution in [3.05, 3.63) is 18.2 Å². The van der Waals surface area contributed by atoms with E-state index in [1.165, 1.54) is 6.07 Å². The summed E-state index contributed by atoms with van der Waals surface area (Å²) in [6, 6.07) is 4.48. The maximum absolute atomic E-state index is 11.0. The Balaban J connectivity index is 3.41. The van der Waals surface area contributed by atoms with Crippen LogP contribution in [0.15, 0.2) is 23.1 Å². The first-order valence-corrected chi connectivity index (χ1v) is 5.10. The molecule has 0 fully saturated rings. The molecule has 0 spiro atoms. The van der Waals surface area contributed by atoms with Crippen LogP contribution in [0.1, 0.15) is 0 Å². The highest BCUT2D eigenvalue weighted by atomic mass is 32.2. The van der Waals surface area contributed by atoms with Gasteiger partial charge < -0.3 is 11.1 Å². The summed E-state index contributed by atoms with van der Waals surface area (Å²) in [4.78, 5) is 0.00926. The van der Waals surface area contributed by atoms with Crippen molar-refractivity contribution in [3.8, 4) is 0 Å². The van der Waals surface area contributed by atoms with E-state index in [1.54, 1.807) is 19.2 Å². The Morgan fingerprint density at radius 1 is 1.38 bits per heavy atom. The highest BCUT2D eigenvalue weighted by Gasteiger charge is 2.12. The molecular formula is C7H11N3O2S. The number of nitrogens with two attached hydrogens (primary N) is 2. The fourth-order valence-electron chi connectivity index (χ4n) is 0.981. The Labute approximate surface area is 76.8 Å². The third kappa shape index (κ3) is 2.10. The number of benzene rings is 1. The average Bonchev–Trinajstić information content (AvgIpc) is 2.03. The summed E-state index contributed by atoms with van der Waals surface area (Å²) in [7, 11) is -2.10. The topological polar surface area (TPSA) is 98.2 Å². The van der Waals surface area contributed by atoms with E-state index >= 15 is 0 Å². The van der Waals surface area contributed by atoms with Gasteiger partial charge in [0.25, 0.3) is 0 Å². The second-order valence-corrected chi connectivity index (χ2v) is 4.08. The molecule has 0 aromatic heterocycles. The Kier molecular flexibility index (Phi) is 2.44. The molecule has 0 saturated carbocycles. The van der Waals surface area contributed by atoms with Crippen LogP contribution in [-0.2, 0) is 10.0 Å². The van der Waals surface area contributed by atoms with E-state index in [1.807, 2.05) is 0 Å². The zero-order valence-electron chi connectivity index (χ0n) is 7.11. The van der Waals surface area contributed by atoms with Crippen molar-refractivity contribution in [1.29, 1.82) is 0 Å². The predicted molar refractivity (Wildman–Crippen MR) is 51.8 cm³/mol. The highest BCUT2D eigenvalue weighted by molar-refractivity contribution is 7.89. The van der Waals surface area contributed by atoms with Gasteiger partial charge >= 0.3 is 0 Å². The highest BCUT2D eigenvalue weighted by Crippen LogP contribution is 2.21. The maximum Gasteiger partial charge on any atom is 0.240 e. The molecule has 0 atom stereocenters. The summed E-state index contributed by atoms with van der Waals surface area (Å²) in [6.45, 7) is 0. The van der Waals surface area contributed by atoms with Crippen LogP contribution in [0.2, 0.25) is 0 Å². The number of hydrogen-bond acceptors (Lipinski definition) is 4. The van der Waals surface area contributed by atoms with E-state index < -0.39 is 10.0 Å². The molecule has 0 amide bonds. The van der Waals surface area contributed by atoms with Crippen molar-refractivity contribution in [1.82, 2.24) is 0 Å². The Morgan fingerprint density at radius 3 is 2.46 bits per heavy atom. The molecule has 0 heterocycles. The molecule has 0 aliphatic heterocycles. The van der Waals surface area contributed by atoms with Gasteiger partial charge in [-0.3, -0.25) is 0 Å². The van der Waals surface area contributed by atoms with Gasteiger partial charge in [0.2, 0.25) is 10.0 Å². The lowest BCUT2D eigenvalue weighted by molar-refractivity contribution is 0.598. The van der Waals surface area contributed by atoms with Gasteiger partial charge in [-0.2, -0.15) is 0 Å². The average molecular weight is 201 g/mol. The van der Waals surface area contributed by atoms with Crippen molar-refractivity contribution in [2.24, 2.45) is 5.14 Å². The molecule has 0 unspecified atom stereocenters. The lowest BCUT2D eigenvalue weighted by atomic mass is 10.3. The van der Waals surface area contributed by atoms with E-state index in [-0.39, 0.29) is 4.90 Å². The number of hydrogen-bond donors (Lipinski definition) is 3. The van der Waals surface area contributed by atoms with Gasteiger partial charge in [-0.15, -0.1) is 0 Å². The number of primary sulfonamides is 1. The summed E-state index contributed by atoms with van der Waals surface area (Å²) in [5.41, 5.74) is 6.24. The Hall–Kier alpha value is -1.27.